The number of nitrogens with one attached hydrogen (secondary N) is 1. The first-order valence-electron chi connectivity index (χ1n) is 6.92. The first-order valence-corrected chi connectivity index (χ1v) is 8.74. The average Bonchev–Trinajstić information content (AvgIpc) is 3.09. The summed E-state index contributed by atoms with van der Waals surface area (Å²) in [4.78, 5) is 12.3. The SMILES string of the molecule is Cc1cc(NC(=O)c2ccnn2C)n(C2CCS(=O)(=O)C2)n1. The number of aryl methyl sites for hydroxylation is 2. The molecule has 3 heterocycles. The Bertz CT molecular complexity index is 821. The van der Waals surface area contributed by atoms with Crippen molar-refractivity contribution in [3.8, 4) is 0 Å². The number of anilines is 1. The lowest BCUT2D eigenvalue weighted by Gasteiger charge is -2.13. The fourth-order valence-corrected chi connectivity index (χ4v) is 4.33. The highest BCUT2D eigenvalue weighted by Gasteiger charge is 2.31. The quantitative estimate of drug-likeness (QED) is 0.888. The molecular formula is C13H17N5O3S. The lowest BCUT2D eigenvalue weighted by atomic mass is 10.3. The van der Waals surface area contributed by atoms with Gasteiger partial charge in [-0.15, -0.1) is 0 Å². The van der Waals surface area contributed by atoms with Crippen LogP contribution in [0.1, 0.15) is 28.6 Å². The minimum atomic E-state index is -3.02. The Hall–Kier alpha value is -2.16. The molecule has 1 N–H and O–H groups in total. The first-order chi connectivity index (χ1) is 10.4. The Labute approximate surface area is 128 Å². The minimum absolute atomic E-state index is 0.0582. The number of carbonyl (C=O) groups excluding carboxylic acids is 1. The Morgan fingerprint density at radius 3 is 2.82 bits per heavy atom. The third-order valence-electron chi connectivity index (χ3n) is 3.71. The molecule has 0 radical (unpaired) electrons. The van der Waals surface area contributed by atoms with Gasteiger partial charge in [0.25, 0.3) is 5.91 Å². The van der Waals surface area contributed by atoms with E-state index in [-0.39, 0.29) is 23.5 Å². The van der Waals surface area contributed by atoms with E-state index in [1.807, 2.05) is 0 Å². The van der Waals surface area contributed by atoms with Crippen molar-refractivity contribution in [3.05, 3.63) is 29.7 Å². The van der Waals surface area contributed by atoms with Crippen LogP contribution in [-0.2, 0) is 16.9 Å². The summed E-state index contributed by atoms with van der Waals surface area (Å²) in [7, 11) is -1.34. The molecule has 3 rings (SSSR count). The summed E-state index contributed by atoms with van der Waals surface area (Å²) in [5, 5.41) is 11.1. The van der Waals surface area contributed by atoms with E-state index in [9.17, 15) is 13.2 Å². The number of sulfone groups is 1. The van der Waals surface area contributed by atoms with Gasteiger partial charge in [0.15, 0.2) is 9.84 Å². The Kier molecular flexibility index (Phi) is 3.51. The maximum atomic E-state index is 12.3. The number of hydrogen-bond donors (Lipinski definition) is 1. The standard InChI is InChI=1S/C13H17N5O3S/c1-9-7-12(15-13(19)11-3-5-14-17(11)2)18(16-9)10-4-6-22(20,21)8-10/h3,5,7,10H,4,6,8H2,1-2H3,(H,15,19). The smallest absolute Gasteiger partial charge is 0.275 e. The lowest BCUT2D eigenvalue weighted by Crippen LogP contribution is -2.21. The number of amides is 1. The highest BCUT2D eigenvalue weighted by Crippen LogP contribution is 2.27. The van der Waals surface area contributed by atoms with Gasteiger partial charge in [-0.2, -0.15) is 10.2 Å². The molecule has 2 aromatic heterocycles. The summed E-state index contributed by atoms with van der Waals surface area (Å²) in [5.41, 5.74) is 1.15. The first kappa shape index (κ1) is 14.8. The van der Waals surface area contributed by atoms with Crippen LogP contribution in [-0.4, -0.2) is 45.4 Å². The molecule has 1 aliphatic heterocycles. The lowest BCUT2D eigenvalue weighted by molar-refractivity contribution is 0.101. The van der Waals surface area contributed by atoms with Gasteiger partial charge in [0.1, 0.15) is 11.5 Å². The molecule has 1 aliphatic rings. The fourth-order valence-electron chi connectivity index (χ4n) is 2.63. The van der Waals surface area contributed by atoms with Crippen molar-refractivity contribution in [1.82, 2.24) is 19.6 Å². The van der Waals surface area contributed by atoms with Crippen LogP contribution in [0, 0.1) is 6.92 Å². The normalized spacial score (nSPS) is 20.2. The van der Waals surface area contributed by atoms with Gasteiger partial charge in [-0.1, -0.05) is 0 Å². The molecule has 118 valence electrons. The van der Waals surface area contributed by atoms with E-state index in [0.717, 1.165) is 5.69 Å². The van der Waals surface area contributed by atoms with Gasteiger partial charge < -0.3 is 5.32 Å². The fraction of sp³-hybridized carbons (Fsp3) is 0.462. The molecule has 0 bridgehead atoms. The molecule has 1 unspecified atom stereocenters. The number of rotatable bonds is 3. The second kappa shape index (κ2) is 5.24. The molecular weight excluding hydrogens is 306 g/mol. The number of aromatic nitrogens is 4. The van der Waals surface area contributed by atoms with Crippen molar-refractivity contribution in [2.24, 2.45) is 7.05 Å². The number of carbonyl (C=O) groups is 1. The van der Waals surface area contributed by atoms with Gasteiger partial charge in [-0.25, -0.2) is 13.1 Å². The average molecular weight is 323 g/mol. The van der Waals surface area contributed by atoms with E-state index in [2.05, 4.69) is 15.5 Å². The van der Waals surface area contributed by atoms with Crippen LogP contribution < -0.4 is 5.32 Å². The summed E-state index contributed by atoms with van der Waals surface area (Å²) >= 11 is 0. The Balaban J connectivity index is 1.86. The highest BCUT2D eigenvalue weighted by molar-refractivity contribution is 7.91. The molecule has 0 aliphatic carbocycles. The monoisotopic (exact) mass is 323 g/mol. The van der Waals surface area contributed by atoms with Crippen LogP contribution in [0.4, 0.5) is 5.82 Å². The van der Waals surface area contributed by atoms with Crippen molar-refractivity contribution in [1.29, 1.82) is 0 Å². The van der Waals surface area contributed by atoms with Crippen molar-refractivity contribution < 1.29 is 13.2 Å². The van der Waals surface area contributed by atoms with E-state index in [1.165, 1.54) is 4.68 Å². The van der Waals surface area contributed by atoms with Crippen molar-refractivity contribution in [2.75, 3.05) is 16.8 Å². The predicted octanol–water partition coefficient (Wildman–Crippen LogP) is 0.537. The zero-order valence-corrected chi connectivity index (χ0v) is 13.2. The molecule has 1 fully saturated rings. The van der Waals surface area contributed by atoms with Crippen LogP contribution in [0.5, 0.6) is 0 Å². The minimum Gasteiger partial charge on any atom is -0.305 e. The Morgan fingerprint density at radius 1 is 1.45 bits per heavy atom. The second-order valence-electron chi connectivity index (χ2n) is 5.47. The van der Waals surface area contributed by atoms with E-state index in [1.54, 1.807) is 37.0 Å². The summed E-state index contributed by atoms with van der Waals surface area (Å²) in [6.07, 6.45) is 2.05. The van der Waals surface area contributed by atoms with E-state index >= 15 is 0 Å². The maximum Gasteiger partial charge on any atom is 0.275 e. The zero-order chi connectivity index (χ0) is 15.9. The molecule has 8 nitrogen and oxygen atoms in total. The maximum absolute atomic E-state index is 12.3. The van der Waals surface area contributed by atoms with Gasteiger partial charge in [-0.3, -0.25) is 9.48 Å². The highest BCUT2D eigenvalue weighted by atomic mass is 32.2. The molecule has 0 aromatic carbocycles. The topological polar surface area (TPSA) is 98.9 Å². The molecule has 9 heteroatoms. The predicted molar refractivity (Wildman–Crippen MR) is 80.4 cm³/mol. The van der Waals surface area contributed by atoms with Gasteiger partial charge >= 0.3 is 0 Å². The van der Waals surface area contributed by atoms with Crippen LogP contribution in [0.3, 0.4) is 0 Å². The molecule has 1 saturated heterocycles. The summed E-state index contributed by atoms with van der Waals surface area (Å²) in [6, 6.07) is 3.11. The van der Waals surface area contributed by atoms with E-state index in [4.69, 9.17) is 0 Å². The molecule has 1 atom stereocenters. The summed E-state index contributed by atoms with van der Waals surface area (Å²) in [6.45, 7) is 1.81. The van der Waals surface area contributed by atoms with Gasteiger partial charge in [0, 0.05) is 19.3 Å². The molecule has 22 heavy (non-hydrogen) atoms. The molecule has 0 saturated carbocycles. The third kappa shape index (κ3) is 2.76. The molecule has 1 amide bonds. The van der Waals surface area contributed by atoms with E-state index in [0.29, 0.717) is 17.9 Å². The van der Waals surface area contributed by atoms with Crippen molar-refractivity contribution >= 4 is 21.6 Å². The number of hydrogen-bond acceptors (Lipinski definition) is 5. The van der Waals surface area contributed by atoms with Gasteiger partial charge in [0.05, 0.1) is 23.2 Å². The zero-order valence-electron chi connectivity index (χ0n) is 12.4. The van der Waals surface area contributed by atoms with E-state index < -0.39 is 9.84 Å². The Morgan fingerprint density at radius 2 is 2.23 bits per heavy atom. The van der Waals surface area contributed by atoms with Crippen LogP contribution in [0.2, 0.25) is 0 Å². The van der Waals surface area contributed by atoms with Gasteiger partial charge in [0.2, 0.25) is 0 Å². The third-order valence-corrected chi connectivity index (χ3v) is 5.46. The second-order valence-corrected chi connectivity index (χ2v) is 7.70. The number of nitrogens with zero attached hydrogens (tertiary/aromatic N) is 4. The largest absolute Gasteiger partial charge is 0.305 e. The van der Waals surface area contributed by atoms with Crippen molar-refractivity contribution in [3.63, 3.8) is 0 Å². The molecule has 2 aromatic rings. The van der Waals surface area contributed by atoms with Gasteiger partial charge in [-0.05, 0) is 19.4 Å². The molecule has 0 spiro atoms. The van der Waals surface area contributed by atoms with Crippen LogP contribution in [0.25, 0.3) is 0 Å². The van der Waals surface area contributed by atoms with Crippen molar-refractivity contribution in [2.45, 2.75) is 19.4 Å². The summed E-state index contributed by atoms with van der Waals surface area (Å²) < 4.78 is 26.4. The van der Waals surface area contributed by atoms with Crippen LogP contribution in [0.15, 0.2) is 18.3 Å². The van der Waals surface area contributed by atoms with Crippen LogP contribution >= 0.6 is 0 Å². The summed E-state index contributed by atoms with van der Waals surface area (Å²) in [5.74, 6) is 0.418.